The summed E-state index contributed by atoms with van der Waals surface area (Å²) >= 11 is 4.22. The van der Waals surface area contributed by atoms with Crippen molar-refractivity contribution in [3.63, 3.8) is 0 Å². The van der Waals surface area contributed by atoms with Crippen molar-refractivity contribution in [2.24, 2.45) is 0 Å². The highest BCUT2D eigenvalue weighted by Gasteiger charge is 2.15. The van der Waals surface area contributed by atoms with Gasteiger partial charge in [0.05, 0.1) is 11.4 Å². The fourth-order valence-electron chi connectivity index (χ4n) is 2.23. The van der Waals surface area contributed by atoms with Gasteiger partial charge in [0.1, 0.15) is 5.01 Å². The summed E-state index contributed by atoms with van der Waals surface area (Å²) in [5.41, 5.74) is 2.11. The van der Waals surface area contributed by atoms with Gasteiger partial charge in [-0.1, -0.05) is 53.4 Å². The molecular weight excluding hydrogens is 376 g/mol. The van der Waals surface area contributed by atoms with Crippen molar-refractivity contribution < 1.29 is 4.79 Å². The van der Waals surface area contributed by atoms with E-state index < -0.39 is 0 Å². The molecule has 0 saturated heterocycles. The van der Waals surface area contributed by atoms with E-state index in [1.165, 1.54) is 34.4 Å². The summed E-state index contributed by atoms with van der Waals surface area (Å²) in [6, 6.07) is 10.1. The molecule has 1 aromatic carbocycles. The number of benzene rings is 1. The molecule has 1 amide bonds. The highest BCUT2D eigenvalue weighted by Crippen LogP contribution is 2.29. The van der Waals surface area contributed by atoms with Gasteiger partial charge in [0.15, 0.2) is 5.16 Å². The van der Waals surface area contributed by atoms with Crippen LogP contribution in [0.1, 0.15) is 5.01 Å². The summed E-state index contributed by atoms with van der Waals surface area (Å²) in [5.74, 6) is 0.0816. The van der Waals surface area contributed by atoms with Crippen LogP contribution in [0.25, 0.3) is 16.2 Å². The van der Waals surface area contributed by atoms with Gasteiger partial charge in [-0.05, 0) is 12.5 Å². The first-order valence-electron chi connectivity index (χ1n) is 7.31. The number of rotatable bonds is 5. The molecule has 1 N–H and O–H groups in total. The molecule has 4 aromatic rings. The lowest BCUT2D eigenvalue weighted by atomic mass is 10.2. The SMILES string of the molecule is Cc1nnc(NC(=O)CSc2nnc3scc(-c4ccccc4)n23)s1. The van der Waals surface area contributed by atoms with Crippen molar-refractivity contribution in [2.45, 2.75) is 12.1 Å². The maximum atomic E-state index is 12.1. The van der Waals surface area contributed by atoms with E-state index in [9.17, 15) is 4.79 Å². The molecule has 3 heterocycles. The molecular formula is C15H12N6OS3. The van der Waals surface area contributed by atoms with Gasteiger partial charge in [0, 0.05) is 5.38 Å². The number of thiazole rings is 1. The topological polar surface area (TPSA) is 85.1 Å². The van der Waals surface area contributed by atoms with Crippen LogP contribution in [0.3, 0.4) is 0 Å². The standard InChI is InChI=1S/C15H12N6OS3/c1-9-17-18-13(25-9)16-12(22)8-24-15-20-19-14-21(15)11(7-23-14)10-5-3-2-4-6-10/h2-7H,8H2,1H3,(H,16,18,22). The Morgan fingerprint density at radius 3 is 2.80 bits per heavy atom. The van der Waals surface area contributed by atoms with Crippen molar-refractivity contribution in [2.75, 3.05) is 11.1 Å². The maximum absolute atomic E-state index is 12.1. The molecule has 0 aliphatic rings. The zero-order valence-corrected chi connectivity index (χ0v) is 15.5. The molecule has 3 aromatic heterocycles. The number of thioether (sulfide) groups is 1. The Morgan fingerprint density at radius 1 is 1.20 bits per heavy atom. The summed E-state index contributed by atoms with van der Waals surface area (Å²) in [4.78, 5) is 12.9. The summed E-state index contributed by atoms with van der Waals surface area (Å²) in [5, 5.41) is 23.0. The smallest absolute Gasteiger partial charge is 0.236 e. The van der Waals surface area contributed by atoms with Crippen molar-refractivity contribution >= 4 is 50.4 Å². The average Bonchev–Trinajstić information content (AvgIpc) is 3.31. The second-order valence-corrected chi connectivity index (χ2v) is 8.01. The number of amides is 1. The molecule has 0 saturated carbocycles. The minimum Gasteiger partial charge on any atom is -0.300 e. The molecule has 0 unspecified atom stereocenters. The van der Waals surface area contributed by atoms with E-state index in [4.69, 9.17) is 0 Å². The van der Waals surface area contributed by atoms with Crippen LogP contribution in [0.4, 0.5) is 5.13 Å². The van der Waals surface area contributed by atoms with Crippen molar-refractivity contribution in [3.05, 3.63) is 40.7 Å². The lowest BCUT2D eigenvalue weighted by Gasteiger charge is -2.03. The second-order valence-electron chi connectivity index (χ2n) is 5.05. The van der Waals surface area contributed by atoms with Gasteiger partial charge < -0.3 is 0 Å². The molecule has 25 heavy (non-hydrogen) atoms. The van der Waals surface area contributed by atoms with Gasteiger partial charge >= 0.3 is 0 Å². The van der Waals surface area contributed by atoms with Crippen LogP contribution in [0.5, 0.6) is 0 Å². The molecule has 7 nitrogen and oxygen atoms in total. The highest BCUT2D eigenvalue weighted by molar-refractivity contribution is 7.99. The van der Waals surface area contributed by atoms with Gasteiger partial charge in [0.2, 0.25) is 16.0 Å². The zero-order valence-electron chi connectivity index (χ0n) is 13.0. The van der Waals surface area contributed by atoms with Gasteiger partial charge in [-0.3, -0.25) is 14.5 Å². The minimum absolute atomic E-state index is 0.144. The predicted molar refractivity (Wildman–Crippen MR) is 100 cm³/mol. The lowest BCUT2D eigenvalue weighted by molar-refractivity contribution is -0.113. The summed E-state index contributed by atoms with van der Waals surface area (Å²) < 4.78 is 1.98. The maximum Gasteiger partial charge on any atom is 0.236 e. The molecule has 0 spiro atoms. The molecule has 4 rings (SSSR count). The number of fused-ring (bicyclic) bond motifs is 1. The van der Waals surface area contributed by atoms with Gasteiger partial charge in [0.25, 0.3) is 0 Å². The van der Waals surface area contributed by atoms with E-state index in [0.717, 1.165) is 21.2 Å². The Balaban J connectivity index is 1.52. The molecule has 10 heteroatoms. The fourth-order valence-corrected chi connectivity index (χ4v) is 4.48. The second kappa shape index (κ2) is 6.90. The number of nitrogens with zero attached hydrogens (tertiary/aromatic N) is 5. The van der Waals surface area contributed by atoms with E-state index in [1.54, 1.807) is 0 Å². The molecule has 0 fully saturated rings. The van der Waals surface area contributed by atoms with Crippen molar-refractivity contribution in [1.29, 1.82) is 0 Å². The van der Waals surface area contributed by atoms with Gasteiger partial charge in [-0.15, -0.1) is 31.7 Å². The number of hydrogen-bond acceptors (Lipinski definition) is 8. The number of carbonyl (C=O) groups excluding carboxylic acids is 1. The number of anilines is 1. The Labute approximate surface area is 155 Å². The minimum atomic E-state index is -0.144. The van der Waals surface area contributed by atoms with Crippen molar-refractivity contribution in [1.82, 2.24) is 24.8 Å². The Kier molecular flexibility index (Phi) is 4.47. The van der Waals surface area contributed by atoms with Crippen LogP contribution in [0, 0.1) is 6.92 Å². The number of hydrogen-bond donors (Lipinski definition) is 1. The fraction of sp³-hybridized carbons (Fsp3) is 0.133. The van der Waals surface area contributed by atoms with E-state index in [2.05, 4.69) is 25.7 Å². The third kappa shape index (κ3) is 3.41. The van der Waals surface area contributed by atoms with Gasteiger partial charge in [-0.2, -0.15) is 0 Å². The van der Waals surface area contributed by atoms with Crippen LogP contribution >= 0.6 is 34.4 Å². The Hall–Kier alpha value is -2.30. The van der Waals surface area contributed by atoms with Crippen LogP contribution in [0.2, 0.25) is 0 Å². The summed E-state index contributed by atoms with van der Waals surface area (Å²) in [7, 11) is 0. The first-order valence-corrected chi connectivity index (χ1v) is 9.99. The largest absolute Gasteiger partial charge is 0.300 e. The summed E-state index contributed by atoms with van der Waals surface area (Å²) in [6.45, 7) is 1.84. The number of carbonyl (C=O) groups is 1. The van der Waals surface area contributed by atoms with Crippen molar-refractivity contribution in [3.8, 4) is 11.3 Å². The zero-order chi connectivity index (χ0) is 17.2. The first-order chi connectivity index (χ1) is 12.2. The number of aromatic nitrogens is 5. The molecule has 0 bridgehead atoms. The van der Waals surface area contributed by atoms with E-state index >= 15 is 0 Å². The molecule has 0 aliphatic carbocycles. The van der Waals surface area contributed by atoms with Gasteiger partial charge in [-0.25, -0.2) is 0 Å². The molecule has 126 valence electrons. The molecule has 0 atom stereocenters. The van der Waals surface area contributed by atoms with Crippen LogP contribution in [0.15, 0.2) is 40.9 Å². The van der Waals surface area contributed by atoms with Crippen LogP contribution in [-0.2, 0) is 4.79 Å². The lowest BCUT2D eigenvalue weighted by Crippen LogP contribution is -2.14. The molecule has 0 aliphatic heterocycles. The normalized spacial score (nSPS) is 11.1. The third-order valence-electron chi connectivity index (χ3n) is 3.29. The first kappa shape index (κ1) is 16.2. The van der Waals surface area contributed by atoms with Crippen LogP contribution < -0.4 is 5.32 Å². The Morgan fingerprint density at radius 2 is 2.04 bits per heavy atom. The van der Waals surface area contributed by atoms with E-state index in [-0.39, 0.29) is 11.7 Å². The van der Waals surface area contributed by atoms with E-state index in [0.29, 0.717) is 10.3 Å². The third-order valence-corrected chi connectivity index (χ3v) is 5.79. The monoisotopic (exact) mass is 388 g/mol. The number of aryl methyl sites for hydroxylation is 1. The van der Waals surface area contributed by atoms with E-state index in [1.807, 2.05) is 47.0 Å². The average molecular weight is 389 g/mol. The van der Waals surface area contributed by atoms with Crippen LogP contribution in [-0.4, -0.2) is 36.5 Å². The molecule has 0 radical (unpaired) electrons. The summed E-state index contributed by atoms with van der Waals surface area (Å²) in [6.07, 6.45) is 0. The quantitative estimate of drug-likeness (QED) is 0.528. The Bertz CT molecular complexity index is 1020. The number of nitrogens with one attached hydrogen (secondary N) is 1. The highest BCUT2D eigenvalue weighted by atomic mass is 32.2. The predicted octanol–water partition coefficient (Wildman–Crippen LogP) is 3.35.